The summed E-state index contributed by atoms with van der Waals surface area (Å²) in [5.41, 5.74) is 8.08. The van der Waals surface area contributed by atoms with Crippen LogP contribution in [0.15, 0.2) is 35.9 Å². The quantitative estimate of drug-likeness (QED) is 0.281. The largest absolute Gasteiger partial charge is 0.379 e. The first kappa shape index (κ1) is 27.6. The second kappa shape index (κ2) is 11.1. The average Bonchev–Trinajstić information content (AvgIpc) is 3.77. The van der Waals surface area contributed by atoms with E-state index in [0.29, 0.717) is 18.7 Å². The Morgan fingerprint density at radius 1 is 1.27 bits per heavy atom. The minimum Gasteiger partial charge on any atom is -0.379 e. The maximum Gasteiger partial charge on any atom is 0.315 e. The fourth-order valence-corrected chi connectivity index (χ4v) is 5.69. The van der Waals surface area contributed by atoms with Gasteiger partial charge in [-0.15, -0.1) is 0 Å². The van der Waals surface area contributed by atoms with Crippen molar-refractivity contribution in [2.75, 3.05) is 25.6 Å². The smallest absolute Gasteiger partial charge is 0.315 e. The number of hydrogen-bond acceptors (Lipinski definition) is 6. The Morgan fingerprint density at radius 3 is 2.57 bits per heavy atom. The molecule has 0 bridgehead atoms. The molecular weight excluding hydrogens is 472 g/mol. The number of methoxy groups -OCH3 is 1. The molecule has 5 N–H and O–H groups in total. The van der Waals surface area contributed by atoms with E-state index in [9.17, 15) is 9.59 Å². The van der Waals surface area contributed by atoms with Gasteiger partial charge in [0.25, 0.3) is 0 Å². The normalized spacial score (nSPS) is 32.8. The van der Waals surface area contributed by atoms with Crippen molar-refractivity contribution in [3.05, 3.63) is 41.5 Å². The number of benzene rings is 1. The van der Waals surface area contributed by atoms with Gasteiger partial charge in [-0.25, -0.2) is 4.79 Å². The Hall–Kier alpha value is -2.46. The fraction of sp³-hybridized carbons (Fsp3) is 0.643. The lowest BCUT2D eigenvalue weighted by Crippen LogP contribution is -2.60. The van der Waals surface area contributed by atoms with E-state index in [4.69, 9.17) is 19.9 Å². The highest BCUT2D eigenvalue weighted by atomic mass is 16.6. The van der Waals surface area contributed by atoms with Crippen LogP contribution in [0.25, 0.3) is 0 Å². The van der Waals surface area contributed by atoms with Crippen LogP contribution in [0, 0.1) is 5.92 Å². The predicted octanol–water partition coefficient (Wildman–Crippen LogP) is 2.89. The number of amides is 3. The SMILES string of the molecule is CO[C@@H]1[C@H](NC(=O)NCCc2ccc(NC(=O)[C@H](C)N)cc2)CC[C@]2(CO2)[C@H]1[C@@]1(C)O[C@@H]1CC=C(C)C. The van der Waals surface area contributed by atoms with E-state index in [2.05, 4.69) is 42.8 Å². The lowest BCUT2D eigenvalue weighted by atomic mass is 9.67. The summed E-state index contributed by atoms with van der Waals surface area (Å²) in [5, 5.41) is 8.89. The number of carbonyl (C=O) groups is 2. The van der Waals surface area contributed by atoms with Gasteiger partial charge in [0.1, 0.15) is 5.60 Å². The van der Waals surface area contributed by atoms with Crippen LogP contribution in [0.2, 0.25) is 0 Å². The molecule has 37 heavy (non-hydrogen) atoms. The van der Waals surface area contributed by atoms with Crippen LogP contribution in [0.3, 0.4) is 0 Å². The van der Waals surface area contributed by atoms with Crippen LogP contribution in [0.4, 0.5) is 10.5 Å². The first-order valence-corrected chi connectivity index (χ1v) is 13.3. The Labute approximate surface area is 219 Å². The number of rotatable bonds is 10. The molecule has 1 spiro atoms. The molecule has 4 rings (SSSR count). The first-order chi connectivity index (χ1) is 17.6. The number of hydrogen-bond donors (Lipinski definition) is 4. The summed E-state index contributed by atoms with van der Waals surface area (Å²) in [6.45, 7) is 9.21. The van der Waals surface area contributed by atoms with Gasteiger partial charge in [-0.2, -0.15) is 0 Å². The van der Waals surface area contributed by atoms with Gasteiger partial charge >= 0.3 is 6.03 Å². The van der Waals surface area contributed by atoms with Gasteiger partial charge in [-0.05, 0) is 71.1 Å². The highest BCUT2D eigenvalue weighted by Gasteiger charge is 2.71. The average molecular weight is 515 g/mol. The van der Waals surface area contributed by atoms with Crippen molar-refractivity contribution in [3.8, 4) is 0 Å². The number of allylic oxidation sites excluding steroid dienone is 1. The van der Waals surface area contributed by atoms with Crippen LogP contribution in [0.5, 0.6) is 0 Å². The molecule has 0 radical (unpaired) electrons. The van der Waals surface area contributed by atoms with Gasteiger partial charge in [-0.1, -0.05) is 23.8 Å². The van der Waals surface area contributed by atoms with Crippen LogP contribution < -0.4 is 21.7 Å². The number of ether oxygens (including phenoxy) is 3. The number of anilines is 1. The third-order valence-corrected chi connectivity index (χ3v) is 7.94. The molecular formula is C28H42N4O5. The minimum absolute atomic E-state index is 0.0564. The third kappa shape index (κ3) is 6.34. The van der Waals surface area contributed by atoms with E-state index >= 15 is 0 Å². The topological polar surface area (TPSA) is 131 Å². The standard InChI is InChI=1S/C28H42N4O5/c1-17(2)6-11-22-27(4,37-22)24-23(35-5)21(12-14-28(24)16-36-28)32-26(34)30-15-13-19-7-9-20(10-8-19)31-25(33)18(3)29/h6-10,18,21-24H,11-16,29H2,1-5H3,(H,31,33)(H2,30,32,34)/t18-,21+,22+,23+,24+,27-,28-/m0/s1. The van der Waals surface area contributed by atoms with Crippen LogP contribution >= 0.6 is 0 Å². The summed E-state index contributed by atoms with van der Waals surface area (Å²) in [5.74, 6) is -0.170. The maximum absolute atomic E-state index is 12.8. The summed E-state index contributed by atoms with van der Waals surface area (Å²) in [6, 6.07) is 6.64. The van der Waals surface area contributed by atoms with Crippen molar-refractivity contribution < 1.29 is 23.8 Å². The Balaban J connectivity index is 1.29. The van der Waals surface area contributed by atoms with Crippen molar-refractivity contribution in [1.29, 1.82) is 0 Å². The molecule has 3 fully saturated rings. The minimum atomic E-state index is -0.564. The molecule has 9 nitrogen and oxygen atoms in total. The van der Waals surface area contributed by atoms with Crippen molar-refractivity contribution in [2.45, 2.75) is 88.9 Å². The number of epoxide rings is 2. The van der Waals surface area contributed by atoms with Crippen molar-refractivity contribution in [3.63, 3.8) is 0 Å². The second-order valence-electron chi connectivity index (χ2n) is 11.1. The lowest BCUT2D eigenvalue weighted by molar-refractivity contribution is -0.117. The number of nitrogens with one attached hydrogen (secondary N) is 3. The fourth-order valence-electron chi connectivity index (χ4n) is 5.69. The van der Waals surface area contributed by atoms with Crippen molar-refractivity contribution in [1.82, 2.24) is 10.6 Å². The molecule has 3 amide bonds. The molecule has 204 valence electrons. The molecule has 2 aliphatic heterocycles. The van der Waals surface area contributed by atoms with Gasteiger partial charge in [0.05, 0.1) is 36.5 Å². The first-order valence-electron chi connectivity index (χ1n) is 13.3. The molecule has 0 aromatic heterocycles. The molecule has 3 aliphatic rings. The monoisotopic (exact) mass is 514 g/mol. The highest BCUT2D eigenvalue weighted by molar-refractivity contribution is 5.94. The van der Waals surface area contributed by atoms with E-state index in [1.165, 1.54) is 5.57 Å². The molecule has 2 saturated heterocycles. The molecule has 1 aliphatic carbocycles. The maximum atomic E-state index is 12.8. The highest BCUT2D eigenvalue weighted by Crippen LogP contribution is 2.59. The lowest BCUT2D eigenvalue weighted by Gasteiger charge is -2.43. The molecule has 1 aromatic rings. The Bertz CT molecular complexity index is 1000. The second-order valence-corrected chi connectivity index (χ2v) is 11.1. The van der Waals surface area contributed by atoms with Crippen molar-refractivity contribution >= 4 is 17.6 Å². The zero-order valence-electron chi connectivity index (χ0n) is 22.6. The summed E-state index contributed by atoms with van der Waals surface area (Å²) in [6.07, 6.45) is 5.38. The van der Waals surface area contributed by atoms with Gasteiger partial charge in [0, 0.05) is 25.3 Å². The summed E-state index contributed by atoms with van der Waals surface area (Å²) in [7, 11) is 1.71. The van der Waals surface area contributed by atoms with E-state index < -0.39 is 6.04 Å². The van der Waals surface area contributed by atoms with E-state index in [1.807, 2.05) is 24.3 Å². The van der Waals surface area contributed by atoms with Crippen LogP contribution in [-0.2, 0) is 25.4 Å². The molecule has 9 heteroatoms. The summed E-state index contributed by atoms with van der Waals surface area (Å²) in [4.78, 5) is 24.5. The number of urea groups is 1. The molecule has 1 saturated carbocycles. The number of carbonyl (C=O) groups excluding carboxylic acids is 2. The zero-order valence-corrected chi connectivity index (χ0v) is 22.6. The van der Waals surface area contributed by atoms with Crippen LogP contribution in [-0.4, -0.2) is 67.7 Å². The van der Waals surface area contributed by atoms with Gasteiger partial charge in [-0.3, -0.25) is 4.79 Å². The molecule has 0 unspecified atom stereocenters. The Morgan fingerprint density at radius 2 is 1.97 bits per heavy atom. The number of nitrogens with two attached hydrogens (primary N) is 1. The van der Waals surface area contributed by atoms with Gasteiger partial charge in [0.2, 0.25) is 5.91 Å². The van der Waals surface area contributed by atoms with E-state index in [0.717, 1.165) is 31.4 Å². The molecule has 1 aromatic carbocycles. The zero-order chi connectivity index (χ0) is 26.8. The van der Waals surface area contributed by atoms with Crippen molar-refractivity contribution in [2.24, 2.45) is 11.7 Å². The summed E-state index contributed by atoms with van der Waals surface area (Å²) < 4.78 is 18.3. The predicted molar refractivity (Wildman–Crippen MR) is 142 cm³/mol. The third-order valence-electron chi connectivity index (χ3n) is 7.94. The van der Waals surface area contributed by atoms with E-state index in [1.54, 1.807) is 14.0 Å². The van der Waals surface area contributed by atoms with Gasteiger partial charge < -0.3 is 35.9 Å². The molecule has 7 atom stereocenters. The van der Waals surface area contributed by atoms with Crippen LogP contribution in [0.1, 0.15) is 52.5 Å². The summed E-state index contributed by atoms with van der Waals surface area (Å²) >= 11 is 0. The Kier molecular flexibility index (Phi) is 8.28. The molecule has 2 heterocycles. The van der Waals surface area contributed by atoms with E-state index in [-0.39, 0.29) is 47.3 Å². The van der Waals surface area contributed by atoms with Gasteiger partial charge in [0.15, 0.2) is 0 Å².